The van der Waals surface area contributed by atoms with Gasteiger partial charge in [-0.1, -0.05) is 42.2 Å². The molecular formula is C21H23N5O3S2. The van der Waals surface area contributed by atoms with Crippen molar-refractivity contribution in [2.45, 2.75) is 24.8 Å². The molecule has 3 heterocycles. The monoisotopic (exact) mass is 457 g/mol. The number of carbonyl (C=O) groups is 2. The van der Waals surface area contributed by atoms with E-state index < -0.39 is 5.97 Å². The number of ether oxygens (including phenoxy) is 1. The average molecular weight is 458 g/mol. The summed E-state index contributed by atoms with van der Waals surface area (Å²) in [6.07, 6.45) is 3.89. The number of hydrogen-bond acceptors (Lipinski definition) is 9. The average Bonchev–Trinajstić information content (AvgIpc) is 3.22. The summed E-state index contributed by atoms with van der Waals surface area (Å²) < 4.78 is 5.67. The number of anilines is 2. The van der Waals surface area contributed by atoms with Gasteiger partial charge in [-0.25, -0.2) is 14.8 Å². The third-order valence-electron chi connectivity index (χ3n) is 5.02. The fraction of sp³-hybridized carbons (Fsp3) is 0.381. The molecule has 4 rings (SSSR count). The first-order valence-corrected chi connectivity index (χ1v) is 11.8. The van der Waals surface area contributed by atoms with Crippen LogP contribution in [0, 0.1) is 5.92 Å². The lowest BCUT2D eigenvalue weighted by Gasteiger charge is -2.30. The molecule has 1 aliphatic heterocycles. The number of hydrogen-bond donors (Lipinski definition) is 1. The number of fused-ring (bicyclic) bond motifs is 1. The largest absolute Gasteiger partial charge is 0.465 e. The second-order valence-corrected chi connectivity index (χ2v) is 9.34. The Bertz CT molecular complexity index is 1100. The van der Waals surface area contributed by atoms with Crippen LogP contribution < -0.4 is 10.2 Å². The molecule has 0 bridgehead atoms. The minimum Gasteiger partial charge on any atom is -0.465 e. The summed E-state index contributed by atoms with van der Waals surface area (Å²) in [6, 6.07) is 6.76. The third kappa shape index (κ3) is 4.96. The number of benzene rings is 1. The molecule has 0 unspecified atom stereocenters. The van der Waals surface area contributed by atoms with E-state index in [9.17, 15) is 9.59 Å². The number of carbonyl (C=O) groups excluding carboxylic acids is 2. The van der Waals surface area contributed by atoms with Crippen LogP contribution in [0.5, 0.6) is 0 Å². The van der Waals surface area contributed by atoms with Crippen LogP contribution in [0.4, 0.5) is 10.8 Å². The normalized spacial score (nSPS) is 16.3. The molecule has 10 heteroatoms. The number of para-hydroxylation sites is 1. The molecule has 0 saturated carbocycles. The SMILES string of the molecule is COC(=O)c1ccccc1NC(=O)CSc1ncnc2nc(N3CCC[C@H](C)C3)sc12. The highest BCUT2D eigenvalue weighted by Gasteiger charge is 2.21. The summed E-state index contributed by atoms with van der Waals surface area (Å²) in [7, 11) is 1.31. The smallest absolute Gasteiger partial charge is 0.339 e. The number of methoxy groups -OCH3 is 1. The fourth-order valence-corrected chi connectivity index (χ4v) is 5.45. The van der Waals surface area contributed by atoms with E-state index in [1.807, 2.05) is 0 Å². The summed E-state index contributed by atoms with van der Waals surface area (Å²) in [6.45, 7) is 4.26. The lowest BCUT2D eigenvalue weighted by atomic mass is 10.0. The molecule has 0 radical (unpaired) electrons. The summed E-state index contributed by atoms with van der Waals surface area (Å²) >= 11 is 2.90. The fourth-order valence-electron chi connectivity index (χ4n) is 3.52. The van der Waals surface area contributed by atoms with Gasteiger partial charge in [-0.3, -0.25) is 4.79 Å². The van der Waals surface area contributed by atoms with Crippen molar-refractivity contribution in [3.05, 3.63) is 36.2 Å². The number of aromatic nitrogens is 3. The highest BCUT2D eigenvalue weighted by atomic mass is 32.2. The molecule has 31 heavy (non-hydrogen) atoms. The predicted octanol–water partition coefficient (Wildman–Crippen LogP) is 3.84. The predicted molar refractivity (Wildman–Crippen MR) is 123 cm³/mol. The molecule has 3 aromatic rings. The van der Waals surface area contributed by atoms with Crippen LogP contribution in [0.15, 0.2) is 35.6 Å². The number of amides is 1. The minimum atomic E-state index is -0.495. The summed E-state index contributed by atoms with van der Waals surface area (Å²) in [4.78, 5) is 40.1. The van der Waals surface area contributed by atoms with E-state index in [-0.39, 0.29) is 11.7 Å². The van der Waals surface area contributed by atoms with Gasteiger partial charge in [-0.2, -0.15) is 4.98 Å². The second kappa shape index (κ2) is 9.61. The van der Waals surface area contributed by atoms with Crippen molar-refractivity contribution >= 4 is 56.1 Å². The molecule has 2 aromatic heterocycles. The van der Waals surface area contributed by atoms with Crippen LogP contribution in [-0.2, 0) is 9.53 Å². The van der Waals surface area contributed by atoms with Crippen LogP contribution in [-0.4, -0.2) is 52.8 Å². The van der Waals surface area contributed by atoms with Crippen molar-refractivity contribution in [3.8, 4) is 0 Å². The van der Waals surface area contributed by atoms with E-state index in [4.69, 9.17) is 9.72 Å². The van der Waals surface area contributed by atoms with Gasteiger partial charge in [-0.05, 0) is 30.9 Å². The number of nitrogens with one attached hydrogen (secondary N) is 1. The minimum absolute atomic E-state index is 0.148. The van der Waals surface area contributed by atoms with E-state index >= 15 is 0 Å². The van der Waals surface area contributed by atoms with Gasteiger partial charge in [0.05, 0.1) is 24.1 Å². The van der Waals surface area contributed by atoms with E-state index in [0.717, 1.165) is 34.4 Å². The van der Waals surface area contributed by atoms with Gasteiger partial charge < -0.3 is 15.0 Å². The lowest BCUT2D eigenvalue weighted by molar-refractivity contribution is -0.113. The Kier molecular flexibility index (Phi) is 6.67. The molecule has 1 N–H and O–H groups in total. The van der Waals surface area contributed by atoms with E-state index in [1.165, 1.54) is 31.6 Å². The van der Waals surface area contributed by atoms with Gasteiger partial charge in [0, 0.05) is 13.1 Å². The molecule has 1 aromatic carbocycles. The van der Waals surface area contributed by atoms with Gasteiger partial charge in [0.15, 0.2) is 10.8 Å². The lowest BCUT2D eigenvalue weighted by Crippen LogP contribution is -2.34. The number of thioether (sulfide) groups is 1. The van der Waals surface area contributed by atoms with Crippen molar-refractivity contribution in [1.29, 1.82) is 0 Å². The molecule has 8 nitrogen and oxygen atoms in total. The molecule has 0 aliphatic carbocycles. The Morgan fingerprint density at radius 2 is 2.16 bits per heavy atom. The Morgan fingerprint density at radius 1 is 1.32 bits per heavy atom. The van der Waals surface area contributed by atoms with E-state index in [0.29, 0.717) is 22.8 Å². The van der Waals surface area contributed by atoms with Crippen molar-refractivity contribution in [2.75, 3.05) is 36.2 Å². The van der Waals surface area contributed by atoms with Gasteiger partial charge in [0.1, 0.15) is 16.1 Å². The van der Waals surface area contributed by atoms with Crippen LogP contribution in [0.2, 0.25) is 0 Å². The summed E-state index contributed by atoms with van der Waals surface area (Å²) in [5, 5.41) is 4.47. The van der Waals surface area contributed by atoms with Crippen LogP contribution in [0.3, 0.4) is 0 Å². The zero-order valence-corrected chi connectivity index (χ0v) is 19.0. The van der Waals surface area contributed by atoms with Crippen molar-refractivity contribution in [1.82, 2.24) is 15.0 Å². The molecule has 162 valence electrons. The van der Waals surface area contributed by atoms with E-state index in [1.54, 1.807) is 35.6 Å². The number of rotatable bonds is 6. The van der Waals surface area contributed by atoms with Crippen LogP contribution in [0.25, 0.3) is 10.3 Å². The first-order chi connectivity index (χ1) is 15.0. The first-order valence-electron chi connectivity index (χ1n) is 10.0. The Labute approximate surface area is 188 Å². The topological polar surface area (TPSA) is 97.3 Å². The third-order valence-corrected chi connectivity index (χ3v) is 7.25. The maximum absolute atomic E-state index is 12.5. The van der Waals surface area contributed by atoms with E-state index in [2.05, 4.69) is 27.1 Å². The van der Waals surface area contributed by atoms with Crippen LogP contribution in [0.1, 0.15) is 30.1 Å². The molecular weight excluding hydrogens is 434 g/mol. The highest BCUT2D eigenvalue weighted by molar-refractivity contribution is 8.00. The van der Waals surface area contributed by atoms with Crippen molar-refractivity contribution in [2.24, 2.45) is 5.92 Å². The van der Waals surface area contributed by atoms with Crippen LogP contribution >= 0.6 is 23.1 Å². The Morgan fingerprint density at radius 3 is 2.97 bits per heavy atom. The zero-order chi connectivity index (χ0) is 21.8. The maximum Gasteiger partial charge on any atom is 0.339 e. The number of nitrogens with zero attached hydrogens (tertiary/aromatic N) is 4. The van der Waals surface area contributed by atoms with Crippen molar-refractivity contribution in [3.63, 3.8) is 0 Å². The molecule has 1 saturated heterocycles. The highest BCUT2D eigenvalue weighted by Crippen LogP contribution is 2.35. The summed E-state index contributed by atoms with van der Waals surface area (Å²) in [5.41, 5.74) is 1.40. The Balaban J connectivity index is 1.46. The number of piperidine rings is 1. The van der Waals surface area contributed by atoms with Gasteiger partial charge in [0.25, 0.3) is 0 Å². The van der Waals surface area contributed by atoms with Crippen molar-refractivity contribution < 1.29 is 14.3 Å². The first kappa shape index (κ1) is 21.5. The molecule has 0 spiro atoms. The van der Waals surface area contributed by atoms with Gasteiger partial charge >= 0.3 is 5.97 Å². The van der Waals surface area contributed by atoms with Gasteiger partial charge in [0.2, 0.25) is 5.91 Å². The number of esters is 1. The standard InChI is InChI=1S/C21H23N5O3S2/c1-13-6-5-9-26(10-13)21-25-18-17(31-21)19(23-12-22-18)30-11-16(27)24-15-8-4-3-7-14(15)20(28)29-2/h3-4,7-8,12-13H,5-6,9-11H2,1-2H3,(H,24,27)/t13-/m0/s1. The summed E-state index contributed by atoms with van der Waals surface area (Å²) in [5.74, 6) is 0.0699. The molecule has 1 fully saturated rings. The molecule has 1 atom stereocenters. The van der Waals surface area contributed by atoms with Gasteiger partial charge in [-0.15, -0.1) is 0 Å². The Hall–Kier alpha value is -2.72. The quantitative estimate of drug-likeness (QED) is 0.339. The maximum atomic E-state index is 12.5. The second-order valence-electron chi connectivity index (χ2n) is 7.40. The molecule has 1 amide bonds. The molecule has 1 aliphatic rings. The zero-order valence-electron chi connectivity index (χ0n) is 17.3. The number of thiazole rings is 1.